The summed E-state index contributed by atoms with van der Waals surface area (Å²) < 4.78 is 11.5. The van der Waals surface area contributed by atoms with Crippen LogP contribution in [0.5, 0.6) is 5.75 Å². The quantitative estimate of drug-likeness (QED) is 0.705. The Bertz CT molecular complexity index is 895. The van der Waals surface area contributed by atoms with Crippen LogP contribution in [-0.2, 0) is 0 Å². The Morgan fingerprint density at radius 3 is 2.74 bits per heavy atom. The zero-order chi connectivity index (χ0) is 18.1. The van der Waals surface area contributed by atoms with Crippen molar-refractivity contribution in [3.8, 4) is 5.75 Å². The summed E-state index contributed by atoms with van der Waals surface area (Å²) in [4.78, 5) is 5.04. The summed E-state index contributed by atoms with van der Waals surface area (Å²) in [6.45, 7) is 5.05. The van der Waals surface area contributed by atoms with Crippen molar-refractivity contribution < 1.29 is 9.26 Å². The molecule has 140 valence electrons. The molecule has 0 saturated carbocycles. The minimum Gasteiger partial charge on any atom is -0.493 e. The molecule has 0 N–H and O–H groups in total. The van der Waals surface area contributed by atoms with E-state index in [9.17, 15) is 0 Å². The van der Waals surface area contributed by atoms with E-state index in [-0.39, 0.29) is 0 Å². The number of benzene rings is 2. The van der Waals surface area contributed by atoms with Crippen LogP contribution in [0.15, 0.2) is 59.1 Å². The first-order valence-corrected chi connectivity index (χ1v) is 9.88. The van der Waals surface area contributed by atoms with E-state index in [1.165, 1.54) is 12.8 Å². The van der Waals surface area contributed by atoms with Crippen LogP contribution in [0.2, 0.25) is 0 Å². The molecule has 5 heteroatoms. The van der Waals surface area contributed by atoms with Gasteiger partial charge in [0.2, 0.25) is 0 Å². The number of fused-ring (bicyclic) bond motifs is 2. The molecule has 0 radical (unpaired) electrons. The fraction of sp³-hybridized carbons (Fsp3) is 0.409. The predicted molar refractivity (Wildman–Crippen MR) is 106 cm³/mol. The van der Waals surface area contributed by atoms with Gasteiger partial charge in [-0.25, -0.2) is 0 Å². The highest BCUT2D eigenvalue weighted by Gasteiger charge is 2.34. The molecule has 3 heterocycles. The van der Waals surface area contributed by atoms with Gasteiger partial charge in [0.05, 0.1) is 12.0 Å². The Hall–Kier alpha value is -2.53. The van der Waals surface area contributed by atoms with E-state index in [1.807, 2.05) is 42.5 Å². The number of para-hydroxylation sites is 2. The molecule has 1 unspecified atom stereocenters. The predicted octanol–water partition coefficient (Wildman–Crippen LogP) is 3.81. The Kier molecular flexibility index (Phi) is 4.46. The monoisotopic (exact) mass is 363 g/mol. The van der Waals surface area contributed by atoms with Crippen molar-refractivity contribution in [2.24, 2.45) is 5.92 Å². The molecule has 2 aliphatic rings. The second-order valence-electron chi connectivity index (χ2n) is 7.66. The molecule has 2 fully saturated rings. The molecule has 2 saturated heterocycles. The highest BCUT2D eigenvalue weighted by atomic mass is 16.5. The lowest BCUT2D eigenvalue weighted by atomic mass is 9.91. The SMILES string of the molecule is c1ccc(OC[C@H]2CCC3CN(c4noc5ccccc45)CCN3C2)cc1. The highest BCUT2D eigenvalue weighted by Crippen LogP contribution is 2.31. The second kappa shape index (κ2) is 7.24. The first-order valence-electron chi connectivity index (χ1n) is 9.88. The minimum atomic E-state index is 0.599. The van der Waals surface area contributed by atoms with E-state index in [4.69, 9.17) is 9.26 Å². The van der Waals surface area contributed by atoms with E-state index < -0.39 is 0 Å². The van der Waals surface area contributed by atoms with Gasteiger partial charge < -0.3 is 14.2 Å². The van der Waals surface area contributed by atoms with Crippen molar-refractivity contribution in [1.29, 1.82) is 0 Å². The number of hydrogen-bond acceptors (Lipinski definition) is 5. The summed E-state index contributed by atoms with van der Waals surface area (Å²) in [5.74, 6) is 2.59. The topological polar surface area (TPSA) is 41.7 Å². The highest BCUT2D eigenvalue weighted by molar-refractivity contribution is 5.88. The maximum Gasteiger partial charge on any atom is 0.180 e. The lowest BCUT2D eigenvalue weighted by Crippen LogP contribution is -2.57. The standard InChI is InChI=1S/C22H25N3O2/c1-2-6-19(7-3-1)26-16-17-10-11-18-15-25(13-12-24(18)14-17)22-20-8-4-5-9-21(20)27-23-22/h1-9,17-18H,10-16H2/t17-,18?/m0/s1. The summed E-state index contributed by atoms with van der Waals surface area (Å²) in [6, 6.07) is 18.9. The number of aromatic nitrogens is 1. The summed E-state index contributed by atoms with van der Waals surface area (Å²) in [5, 5.41) is 5.47. The number of anilines is 1. The largest absolute Gasteiger partial charge is 0.493 e. The van der Waals surface area contributed by atoms with Crippen LogP contribution in [0.4, 0.5) is 5.82 Å². The van der Waals surface area contributed by atoms with Crippen LogP contribution < -0.4 is 9.64 Å². The van der Waals surface area contributed by atoms with Gasteiger partial charge >= 0.3 is 0 Å². The smallest absolute Gasteiger partial charge is 0.180 e. The van der Waals surface area contributed by atoms with Gasteiger partial charge in [-0.1, -0.05) is 35.5 Å². The normalized spacial score (nSPS) is 23.3. The summed E-state index contributed by atoms with van der Waals surface area (Å²) in [6.07, 6.45) is 2.44. The van der Waals surface area contributed by atoms with Gasteiger partial charge in [0.15, 0.2) is 11.4 Å². The van der Waals surface area contributed by atoms with Crippen LogP contribution in [0.1, 0.15) is 12.8 Å². The third kappa shape index (κ3) is 3.39. The average Bonchev–Trinajstić information content (AvgIpc) is 3.17. The minimum absolute atomic E-state index is 0.599. The number of rotatable bonds is 4. The van der Waals surface area contributed by atoms with Crippen molar-refractivity contribution in [2.75, 3.05) is 37.7 Å². The van der Waals surface area contributed by atoms with Gasteiger partial charge in [-0.05, 0) is 37.1 Å². The molecule has 2 atom stereocenters. The summed E-state index contributed by atoms with van der Waals surface area (Å²) in [7, 11) is 0. The van der Waals surface area contributed by atoms with Crippen molar-refractivity contribution >= 4 is 16.8 Å². The van der Waals surface area contributed by atoms with E-state index in [2.05, 4.69) is 27.1 Å². The van der Waals surface area contributed by atoms with Gasteiger partial charge in [-0.3, -0.25) is 4.90 Å². The molecule has 0 spiro atoms. The van der Waals surface area contributed by atoms with Crippen LogP contribution in [-0.4, -0.2) is 48.9 Å². The lowest BCUT2D eigenvalue weighted by molar-refractivity contribution is 0.0727. The molecule has 2 aliphatic heterocycles. The molecule has 2 aromatic carbocycles. The fourth-order valence-electron chi connectivity index (χ4n) is 4.42. The van der Waals surface area contributed by atoms with Crippen molar-refractivity contribution in [3.63, 3.8) is 0 Å². The van der Waals surface area contributed by atoms with Crippen molar-refractivity contribution in [3.05, 3.63) is 54.6 Å². The molecule has 0 bridgehead atoms. The zero-order valence-corrected chi connectivity index (χ0v) is 15.5. The number of nitrogens with zero attached hydrogens (tertiary/aromatic N) is 3. The van der Waals surface area contributed by atoms with E-state index in [1.54, 1.807) is 0 Å². The molecule has 1 aromatic heterocycles. The maximum atomic E-state index is 5.99. The van der Waals surface area contributed by atoms with Crippen LogP contribution in [0.3, 0.4) is 0 Å². The van der Waals surface area contributed by atoms with E-state index in [0.29, 0.717) is 12.0 Å². The van der Waals surface area contributed by atoms with E-state index >= 15 is 0 Å². The van der Waals surface area contributed by atoms with Gasteiger partial charge in [0.1, 0.15) is 5.75 Å². The van der Waals surface area contributed by atoms with Crippen LogP contribution in [0, 0.1) is 5.92 Å². The van der Waals surface area contributed by atoms with Crippen LogP contribution in [0.25, 0.3) is 11.0 Å². The average molecular weight is 363 g/mol. The number of ether oxygens (including phenoxy) is 1. The number of piperazine rings is 1. The number of piperidine rings is 1. The summed E-state index contributed by atoms with van der Waals surface area (Å²) >= 11 is 0. The fourth-order valence-corrected chi connectivity index (χ4v) is 4.42. The molecule has 0 amide bonds. The molecular formula is C22H25N3O2. The van der Waals surface area contributed by atoms with Crippen molar-refractivity contribution in [1.82, 2.24) is 10.1 Å². The lowest BCUT2D eigenvalue weighted by Gasteiger charge is -2.46. The Labute approximate surface area is 159 Å². The van der Waals surface area contributed by atoms with Gasteiger partial charge in [0.25, 0.3) is 0 Å². The molecule has 3 aromatic rings. The zero-order valence-electron chi connectivity index (χ0n) is 15.5. The second-order valence-corrected chi connectivity index (χ2v) is 7.66. The Balaban J connectivity index is 1.20. The molecule has 0 aliphatic carbocycles. The Morgan fingerprint density at radius 1 is 0.963 bits per heavy atom. The first-order chi connectivity index (χ1) is 13.4. The third-order valence-electron chi connectivity index (χ3n) is 5.89. The van der Waals surface area contributed by atoms with Gasteiger partial charge in [-0.15, -0.1) is 0 Å². The Morgan fingerprint density at radius 2 is 1.81 bits per heavy atom. The van der Waals surface area contributed by atoms with Gasteiger partial charge in [0, 0.05) is 38.1 Å². The molecular weight excluding hydrogens is 338 g/mol. The summed E-state index contributed by atoms with van der Waals surface area (Å²) in [5.41, 5.74) is 0.872. The molecule has 5 rings (SSSR count). The van der Waals surface area contributed by atoms with Crippen LogP contribution >= 0.6 is 0 Å². The molecule has 5 nitrogen and oxygen atoms in total. The van der Waals surface area contributed by atoms with Crippen molar-refractivity contribution in [2.45, 2.75) is 18.9 Å². The molecule has 27 heavy (non-hydrogen) atoms. The maximum absolute atomic E-state index is 5.99. The van der Waals surface area contributed by atoms with E-state index in [0.717, 1.165) is 55.3 Å². The first kappa shape index (κ1) is 16.6. The van der Waals surface area contributed by atoms with Gasteiger partial charge in [-0.2, -0.15) is 0 Å². The third-order valence-corrected chi connectivity index (χ3v) is 5.89. The number of hydrogen-bond donors (Lipinski definition) is 0.